The van der Waals surface area contributed by atoms with E-state index in [1.165, 1.54) is 0 Å². The summed E-state index contributed by atoms with van der Waals surface area (Å²) in [5.41, 5.74) is 1.73. The summed E-state index contributed by atoms with van der Waals surface area (Å²) in [5, 5.41) is 5.40. The maximum atomic E-state index is 11.5. The first-order valence-electron chi connectivity index (χ1n) is 5.10. The first kappa shape index (κ1) is 14.2. The lowest BCUT2D eigenvalue weighted by molar-refractivity contribution is 0.252. The highest BCUT2D eigenvalue weighted by molar-refractivity contribution is 9.10. The molecule has 0 heterocycles. The molecule has 6 heteroatoms. The zero-order valence-electron chi connectivity index (χ0n) is 9.75. The summed E-state index contributed by atoms with van der Waals surface area (Å²) >= 11 is 3.40. The number of hydrogen-bond acceptors (Lipinski definition) is 2. The van der Waals surface area contributed by atoms with Gasteiger partial charge in [-0.05, 0) is 24.6 Å². The fraction of sp³-hybridized carbons (Fsp3) is 0.364. The van der Waals surface area contributed by atoms with Crippen molar-refractivity contribution >= 4 is 38.4 Å². The number of rotatable bonds is 4. The Kier molecular flexibility index (Phi) is 5.64. The Morgan fingerprint density at radius 1 is 1.47 bits per heavy atom. The largest absolute Gasteiger partial charge is 0.337 e. The highest BCUT2D eigenvalue weighted by Gasteiger charge is 2.05. The van der Waals surface area contributed by atoms with Crippen molar-refractivity contribution in [3.63, 3.8) is 0 Å². The fourth-order valence-corrected chi connectivity index (χ4v) is 1.97. The molecule has 0 saturated heterocycles. The minimum atomic E-state index is -0.887. The van der Waals surface area contributed by atoms with Crippen LogP contribution in [0.15, 0.2) is 22.7 Å². The molecule has 0 saturated carbocycles. The van der Waals surface area contributed by atoms with E-state index in [0.29, 0.717) is 12.3 Å². The fourth-order valence-electron chi connectivity index (χ4n) is 1.22. The van der Waals surface area contributed by atoms with Crippen LogP contribution in [0.5, 0.6) is 0 Å². The van der Waals surface area contributed by atoms with Crippen molar-refractivity contribution in [2.45, 2.75) is 6.92 Å². The molecule has 1 aromatic carbocycles. The van der Waals surface area contributed by atoms with Crippen LogP contribution in [0.3, 0.4) is 0 Å². The Labute approximate surface area is 112 Å². The van der Waals surface area contributed by atoms with Gasteiger partial charge in [0.2, 0.25) is 0 Å². The molecule has 1 unspecified atom stereocenters. The predicted octanol–water partition coefficient (Wildman–Crippen LogP) is 2.26. The van der Waals surface area contributed by atoms with Gasteiger partial charge in [0.1, 0.15) is 0 Å². The van der Waals surface area contributed by atoms with Gasteiger partial charge in [0.15, 0.2) is 0 Å². The first-order valence-corrected chi connectivity index (χ1v) is 7.62. The van der Waals surface area contributed by atoms with Gasteiger partial charge in [0.25, 0.3) is 0 Å². The molecule has 94 valence electrons. The number of hydrogen-bond donors (Lipinski definition) is 2. The van der Waals surface area contributed by atoms with Crippen LogP contribution in [0, 0.1) is 6.92 Å². The number of urea groups is 1. The van der Waals surface area contributed by atoms with Crippen LogP contribution in [0.25, 0.3) is 0 Å². The first-order chi connectivity index (χ1) is 8.00. The van der Waals surface area contributed by atoms with E-state index in [4.69, 9.17) is 0 Å². The lowest BCUT2D eigenvalue weighted by Crippen LogP contribution is -2.32. The third kappa shape index (κ3) is 4.87. The van der Waals surface area contributed by atoms with E-state index < -0.39 is 10.8 Å². The number of carbonyl (C=O) groups is 1. The van der Waals surface area contributed by atoms with E-state index in [1.54, 1.807) is 6.26 Å². The average molecular weight is 319 g/mol. The Balaban J connectivity index is 2.51. The lowest BCUT2D eigenvalue weighted by atomic mass is 10.2. The van der Waals surface area contributed by atoms with Crippen molar-refractivity contribution in [3.05, 3.63) is 28.2 Å². The molecule has 2 amide bonds. The normalized spacial score (nSPS) is 11.9. The quantitative estimate of drug-likeness (QED) is 0.894. The van der Waals surface area contributed by atoms with E-state index in [0.717, 1.165) is 15.7 Å². The van der Waals surface area contributed by atoms with Crippen molar-refractivity contribution < 1.29 is 9.00 Å². The standard InChI is InChI=1S/C11H15BrN2O2S/c1-8-9(12)4-3-5-10(8)14-11(15)13-6-7-17(2)16/h3-5H,6-7H2,1-2H3,(H2,13,14,15). The molecule has 0 aromatic heterocycles. The minimum absolute atomic E-state index is 0.281. The molecule has 0 aliphatic rings. The average Bonchev–Trinajstić information content (AvgIpc) is 2.24. The van der Waals surface area contributed by atoms with Crippen LogP contribution in [0.2, 0.25) is 0 Å². The van der Waals surface area contributed by atoms with Crippen molar-refractivity contribution in [1.82, 2.24) is 5.32 Å². The van der Waals surface area contributed by atoms with E-state index >= 15 is 0 Å². The molecule has 0 spiro atoms. The van der Waals surface area contributed by atoms with E-state index in [2.05, 4.69) is 26.6 Å². The Morgan fingerprint density at radius 2 is 2.18 bits per heavy atom. The second-order valence-electron chi connectivity index (χ2n) is 3.57. The molecular weight excluding hydrogens is 304 g/mol. The number of benzene rings is 1. The molecule has 0 bridgehead atoms. The van der Waals surface area contributed by atoms with Gasteiger partial charge in [-0.25, -0.2) is 4.79 Å². The molecule has 1 rings (SSSR count). The second kappa shape index (κ2) is 6.76. The molecule has 0 radical (unpaired) electrons. The van der Waals surface area contributed by atoms with E-state index in [9.17, 15) is 9.00 Å². The maximum absolute atomic E-state index is 11.5. The molecule has 1 atom stereocenters. The molecule has 1 aromatic rings. The number of nitrogens with one attached hydrogen (secondary N) is 2. The van der Waals surface area contributed by atoms with Gasteiger partial charge in [-0.3, -0.25) is 4.21 Å². The molecule has 0 aliphatic carbocycles. The van der Waals surface area contributed by atoms with Crippen LogP contribution < -0.4 is 10.6 Å². The van der Waals surface area contributed by atoms with Crippen molar-refractivity contribution in [1.29, 1.82) is 0 Å². The summed E-state index contributed by atoms with van der Waals surface area (Å²) in [6.45, 7) is 2.32. The van der Waals surface area contributed by atoms with Crippen LogP contribution in [-0.4, -0.2) is 28.8 Å². The van der Waals surface area contributed by atoms with E-state index in [-0.39, 0.29) is 6.03 Å². The Hall–Kier alpha value is -0.880. The zero-order valence-corrected chi connectivity index (χ0v) is 12.2. The van der Waals surface area contributed by atoms with Gasteiger partial charge in [0, 0.05) is 39.5 Å². The zero-order chi connectivity index (χ0) is 12.8. The molecule has 2 N–H and O–H groups in total. The maximum Gasteiger partial charge on any atom is 0.319 e. The highest BCUT2D eigenvalue weighted by Crippen LogP contribution is 2.23. The van der Waals surface area contributed by atoms with Gasteiger partial charge in [-0.2, -0.15) is 0 Å². The number of carbonyl (C=O) groups excluding carboxylic acids is 1. The van der Waals surface area contributed by atoms with Crippen LogP contribution in [-0.2, 0) is 10.8 Å². The van der Waals surface area contributed by atoms with E-state index in [1.807, 2.05) is 25.1 Å². The number of amides is 2. The lowest BCUT2D eigenvalue weighted by Gasteiger charge is -2.10. The van der Waals surface area contributed by atoms with Gasteiger partial charge < -0.3 is 10.6 Å². The summed E-state index contributed by atoms with van der Waals surface area (Å²) in [5.74, 6) is 0.463. The van der Waals surface area contributed by atoms with Gasteiger partial charge in [0.05, 0.1) is 0 Å². The summed E-state index contributed by atoms with van der Waals surface area (Å²) < 4.78 is 11.8. The topological polar surface area (TPSA) is 58.2 Å². The van der Waals surface area contributed by atoms with Gasteiger partial charge >= 0.3 is 6.03 Å². The van der Waals surface area contributed by atoms with Crippen LogP contribution in [0.1, 0.15) is 5.56 Å². The number of anilines is 1. The van der Waals surface area contributed by atoms with Gasteiger partial charge in [-0.1, -0.05) is 22.0 Å². The highest BCUT2D eigenvalue weighted by atomic mass is 79.9. The summed E-state index contributed by atoms with van der Waals surface area (Å²) in [4.78, 5) is 11.5. The van der Waals surface area contributed by atoms with Crippen molar-refractivity contribution in [3.8, 4) is 0 Å². The Bertz CT molecular complexity index is 437. The van der Waals surface area contributed by atoms with Crippen LogP contribution in [0.4, 0.5) is 10.5 Å². The Morgan fingerprint density at radius 3 is 2.82 bits per heavy atom. The molecule has 17 heavy (non-hydrogen) atoms. The van der Waals surface area contributed by atoms with Crippen molar-refractivity contribution in [2.24, 2.45) is 0 Å². The minimum Gasteiger partial charge on any atom is -0.337 e. The second-order valence-corrected chi connectivity index (χ2v) is 5.98. The third-order valence-electron chi connectivity index (χ3n) is 2.19. The molecule has 4 nitrogen and oxygen atoms in total. The monoisotopic (exact) mass is 318 g/mol. The predicted molar refractivity (Wildman–Crippen MR) is 74.8 cm³/mol. The summed E-state index contributed by atoms with van der Waals surface area (Å²) in [6.07, 6.45) is 1.61. The summed E-state index contributed by atoms with van der Waals surface area (Å²) in [6, 6.07) is 5.32. The third-order valence-corrected chi connectivity index (χ3v) is 3.83. The van der Waals surface area contributed by atoms with Gasteiger partial charge in [-0.15, -0.1) is 0 Å². The summed E-state index contributed by atoms with van der Waals surface area (Å²) in [7, 11) is -0.887. The smallest absolute Gasteiger partial charge is 0.319 e. The van der Waals surface area contributed by atoms with Crippen LogP contribution >= 0.6 is 15.9 Å². The molecular formula is C11H15BrN2O2S. The van der Waals surface area contributed by atoms with Crippen molar-refractivity contribution in [2.75, 3.05) is 23.9 Å². The SMILES string of the molecule is Cc1c(Br)cccc1NC(=O)NCCS(C)=O. The molecule has 0 fully saturated rings. The number of halogens is 1. The molecule has 0 aliphatic heterocycles.